The van der Waals surface area contributed by atoms with Gasteiger partial charge in [-0.05, 0) is 51.9 Å². The molecule has 0 amide bonds. The number of rotatable bonds is 6. The molecule has 0 aromatic carbocycles. The molecule has 23 heavy (non-hydrogen) atoms. The van der Waals surface area contributed by atoms with Crippen LogP contribution in [0.5, 0.6) is 0 Å². The number of ether oxygens (including phenoxy) is 2. The zero-order chi connectivity index (χ0) is 16.1. The van der Waals surface area contributed by atoms with Crippen LogP contribution in [0, 0.1) is 5.92 Å². The second kappa shape index (κ2) is 8.42. The number of hydrogen-bond acceptors (Lipinski definition) is 6. The van der Waals surface area contributed by atoms with E-state index in [0.717, 1.165) is 58.3 Å². The molecule has 3 aliphatic rings. The van der Waals surface area contributed by atoms with Gasteiger partial charge in [-0.3, -0.25) is 14.5 Å². The van der Waals surface area contributed by atoms with Crippen LogP contribution in [0.4, 0.5) is 0 Å². The van der Waals surface area contributed by atoms with Crippen molar-refractivity contribution >= 4 is 5.97 Å². The number of likely N-dealkylation sites (tertiary alicyclic amines) is 1. The van der Waals surface area contributed by atoms with E-state index in [0.29, 0.717) is 6.61 Å². The minimum Gasteiger partial charge on any atom is -0.466 e. The minimum atomic E-state index is -0.0517. The van der Waals surface area contributed by atoms with Gasteiger partial charge < -0.3 is 9.47 Å². The van der Waals surface area contributed by atoms with Crippen molar-refractivity contribution in [2.24, 2.45) is 5.92 Å². The van der Waals surface area contributed by atoms with E-state index in [1.165, 1.54) is 12.8 Å². The van der Waals surface area contributed by atoms with Crippen molar-refractivity contribution in [1.29, 1.82) is 0 Å². The number of hydroxylamine groups is 2. The van der Waals surface area contributed by atoms with Crippen molar-refractivity contribution in [2.75, 3.05) is 32.8 Å². The topological polar surface area (TPSA) is 51.2 Å². The molecule has 132 valence electrons. The fraction of sp³-hybridized carbons (Fsp3) is 0.941. The Morgan fingerprint density at radius 1 is 1.13 bits per heavy atom. The Kier molecular flexibility index (Phi) is 6.28. The van der Waals surface area contributed by atoms with Crippen molar-refractivity contribution in [3.8, 4) is 0 Å². The lowest BCUT2D eigenvalue weighted by molar-refractivity contribution is -0.285. The molecule has 3 fully saturated rings. The molecular weight excluding hydrogens is 296 g/mol. The molecule has 0 aromatic heterocycles. The van der Waals surface area contributed by atoms with Crippen molar-refractivity contribution in [3.63, 3.8) is 0 Å². The van der Waals surface area contributed by atoms with Gasteiger partial charge in [0, 0.05) is 19.6 Å². The second-order valence-electron chi connectivity index (χ2n) is 6.76. The van der Waals surface area contributed by atoms with Crippen molar-refractivity contribution in [2.45, 2.75) is 64.3 Å². The number of nitrogens with zero attached hydrogens (tertiary/aromatic N) is 2. The van der Waals surface area contributed by atoms with E-state index >= 15 is 0 Å². The molecule has 2 heterocycles. The fourth-order valence-corrected chi connectivity index (χ4v) is 3.81. The second-order valence-corrected chi connectivity index (χ2v) is 6.76. The van der Waals surface area contributed by atoms with E-state index in [1.807, 2.05) is 12.0 Å². The van der Waals surface area contributed by atoms with Gasteiger partial charge in [0.25, 0.3) is 0 Å². The smallest absolute Gasteiger partial charge is 0.308 e. The first-order valence-corrected chi connectivity index (χ1v) is 9.23. The third-order valence-corrected chi connectivity index (χ3v) is 5.09. The summed E-state index contributed by atoms with van der Waals surface area (Å²) in [6.07, 6.45) is 7.33. The summed E-state index contributed by atoms with van der Waals surface area (Å²) >= 11 is 0. The molecule has 3 rings (SSSR count). The van der Waals surface area contributed by atoms with Crippen LogP contribution in [0.3, 0.4) is 0 Å². The van der Waals surface area contributed by atoms with E-state index in [4.69, 9.17) is 14.3 Å². The molecule has 0 radical (unpaired) electrons. The summed E-state index contributed by atoms with van der Waals surface area (Å²) in [4.78, 5) is 20.0. The Bertz CT molecular complexity index is 357. The third-order valence-electron chi connectivity index (χ3n) is 5.09. The third kappa shape index (κ3) is 4.44. The Balaban J connectivity index is 1.51. The monoisotopic (exact) mass is 326 g/mol. The van der Waals surface area contributed by atoms with Crippen LogP contribution in [0.1, 0.15) is 51.9 Å². The molecule has 1 aliphatic carbocycles. The highest BCUT2D eigenvalue weighted by Crippen LogP contribution is 2.30. The van der Waals surface area contributed by atoms with Gasteiger partial charge >= 0.3 is 5.97 Å². The minimum absolute atomic E-state index is 0.0371. The summed E-state index contributed by atoms with van der Waals surface area (Å²) in [5.41, 5.74) is 0. The highest BCUT2D eigenvalue weighted by Gasteiger charge is 2.35. The van der Waals surface area contributed by atoms with Crippen LogP contribution in [0.15, 0.2) is 0 Å². The zero-order valence-electron chi connectivity index (χ0n) is 14.2. The average Bonchev–Trinajstić information content (AvgIpc) is 3.27. The van der Waals surface area contributed by atoms with Gasteiger partial charge in [0.2, 0.25) is 0 Å². The highest BCUT2D eigenvalue weighted by molar-refractivity contribution is 5.72. The summed E-state index contributed by atoms with van der Waals surface area (Å²) in [7, 11) is 0. The summed E-state index contributed by atoms with van der Waals surface area (Å²) in [5, 5.41) is 2.02. The van der Waals surface area contributed by atoms with E-state index in [9.17, 15) is 4.79 Å². The van der Waals surface area contributed by atoms with Crippen LogP contribution in [0.2, 0.25) is 0 Å². The predicted molar refractivity (Wildman–Crippen MR) is 85.3 cm³/mol. The molecule has 0 aromatic rings. The molecule has 2 saturated heterocycles. The first-order chi connectivity index (χ1) is 11.3. The predicted octanol–water partition coefficient (Wildman–Crippen LogP) is 2.14. The molecule has 0 N–H and O–H groups in total. The summed E-state index contributed by atoms with van der Waals surface area (Å²) in [6, 6.07) is 0. The lowest BCUT2D eigenvalue weighted by Crippen LogP contribution is -2.49. The van der Waals surface area contributed by atoms with Gasteiger partial charge in [-0.25, -0.2) is 0 Å². The van der Waals surface area contributed by atoms with E-state index < -0.39 is 0 Å². The Labute approximate surface area is 139 Å². The van der Waals surface area contributed by atoms with Gasteiger partial charge in [-0.2, -0.15) is 0 Å². The average molecular weight is 326 g/mol. The van der Waals surface area contributed by atoms with E-state index in [1.54, 1.807) is 0 Å². The number of carbonyl (C=O) groups is 1. The standard InChI is InChI=1S/C17H30N2O4/c1-2-21-16(20)14-6-8-15(9-7-14)23-17(18-10-3-4-11-18)19-12-5-13-22-19/h14-15,17H,2-13H2,1H3. The van der Waals surface area contributed by atoms with Gasteiger partial charge in [0.05, 0.1) is 25.2 Å². The number of hydrogen-bond donors (Lipinski definition) is 0. The summed E-state index contributed by atoms with van der Waals surface area (Å²) in [5.74, 6) is 0.0213. The van der Waals surface area contributed by atoms with E-state index in [-0.39, 0.29) is 24.3 Å². The van der Waals surface area contributed by atoms with E-state index in [2.05, 4.69) is 4.90 Å². The Hall–Kier alpha value is -0.690. The van der Waals surface area contributed by atoms with Crippen molar-refractivity contribution in [1.82, 2.24) is 9.96 Å². The van der Waals surface area contributed by atoms with Crippen LogP contribution in [-0.4, -0.2) is 61.2 Å². The van der Waals surface area contributed by atoms with Crippen molar-refractivity contribution < 1.29 is 19.1 Å². The molecule has 0 spiro atoms. The number of carbonyl (C=O) groups excluding carboxylic acids is 1. The van der Waals surface area contributed by atoms with Gasteiger partial charge in [-0.15, -0.1) is 5.06 Å². The van der Waals surface area contributed by atoms with Gasteiger partial charge in [0.15, 0.2) is 6.35 Å². The molecule has 1 atom stereocenters. The van der Waals surface area contributed by atoms with Crippen LogP contribution >= 0.6 is 0 Å². The SMILES string of the molecule is CCOC(=O)C1CCC(OC(N2CCCC2)N2CCCO2)CC1. The fourth-order valence-electron chi connectivity index (χ4n) is 3.81. The van der Waals surface area contributed by atoms with Crippen LogP contribution in [-0.2, 0) is 19.1 Å². The van der Waals surface area contributed by atoms with Crippen LogP contribution in [0.25, 0.3) is 0 Å². The lowest BCUT2D eigenvalue weighted by Gasteiger charge is -2.37. The highest BCUT2D eigenvalue weighted by atomic mass is 16.7. The molecule has 6 nitrogen and oxygen atoms in total. The zero-order valence-corrected chi connectivity index (χ0v) is 14.2. The normalized spacial score (nSPS) is 31.3. The summed E-state index contributed by atoms with van der Waals surface area (Å²) < 4.78 is 11.6. The molecule has 2 aliphatic heterocycles. The maximum Gasteiger partial charge on any atom is 0.308 e. The Morgan fingerprint density at radius 2 is 1.87 bits per heavy atom. The van der Waals surface area contributed by atoms with Crippen LogP contribution < -0.4 is 0 Å². The summed E-state index contributed by atoms with van der Waals surface area (Å²) in [6.45, 7) is 6.25. The lowest BCUT2D eigenvalue weighted by atomic mass is 9.87. The molecular formula is C17H30N2O4. The van der Waals surface area contributed by atoms with Gasteiger partial charge in [-0.1, -0.05) is 0 Å². The maximum absolute atomic E-state index is 11.8. The first-order valence-electron chi connectivity index (χ1n) is 9.23. The molecule has 1 unspecified atom stereocenters. The number of esters is 1. The van der Waals surface area contributed by atoms with Crippen molar-refractivity contribution in [3.05, 3.63) is 0 Å². The first kappa shape index (κ1) is 17.1. The molecule has 0 bridgehead atoms. The largest absolute Gasteiger partial charge is 0.466 e. The quantitative estimate of drug-likeness (QED) is 0.697. The van der Waals surface area contributed by atoms with Gasteiger partial charge in [0.1, 0.15) is 0 Å². The Morgan fingerprint density at radius 3 is 2.48 bits per heavy atom. The molecule has 6 heteroatoms. The maximum atomic E-state index is 11.8. The molecule has 1 saturated carbocycles.